The molecule has 0 radical (unpaired) electrons. The van der Waals surface area contributed by atoms with Gasteiger partial charge in [-0.15, -0.1) is 11.3 Å². The van der Waals surface area contributed by atoms with E-state index in [1.165, 1.54) is 16.0 Å². The molecule has 0 fully saturated rings. The summed E-state index contributed by atoms with van der Waals surface area (Å²) in [5.74, 6) is -0.373. The Labute approximate surface area is 175 Å². The molecule has 2 heterocycles. The number of carbonyl (C=O) groups excluding carboxylic acids is 1. The average molecular weight is 433 g/mol. The molecule has 0 atom stereocenters. The van der Waals surface area contributed by atoms with E-state index in [1.54, 1.807) is 33.0 Å². The number of thiophene rings is 1. The summed E-state index contributed by atoms with van der Waals surface area (Å²) in [4.78, 5) is 13.7. The van der Waals surface area contributed by atoms with Gasteiger partial charge >= 0.3 is 0 Å². The van der Waals surface area contributed by atoms with Crippen molar-refractivity contribution in [1.29, 1.82) is 0 Å². The van der Waals surface area contributed by atoms with Crippen molar-refractivity contribution in [1.82, 2.24) is 15.1 Å². The van der Waals surface area contributed by atoms with Crippen LogP contribution in [0.15, 0.2) is 46.7 Å². The summed E-state index contributed by atoms with van der Waals surface area (Å²) in [5.41, 5.74) is 2.37. The summed E-state index contributed by atoms with van der Waals surface area (Å²) in [6.07, 6.45) is 0. The highest BCUT2D eigenvalue weighted by Crippen LogP contribution is 2.28. The molecule has 0 unspecified atom stereocenters. The second kappa shape index (κ2) is 8.38. The van der Waals surface area contributed by atoms with E-state index in [0.29, 0.717) is 23.6 Å². The van der Waals surface area contributed by atoms with E-state index in [9.17, 15) is 13.2 Å². The number of rotatable bonds is 7. The minimum Gasteiger partial charge on any atom is -0.350 e. The zero-order valence-corrected chi connectivity index (χ0v) is 18.5. The van der Waals surface area contributed by atoms with Crippen LogP contribution >= 0.6 is 11.3 Å². The highest BCUT2D eigenvalue weighted by atomic mass is 32.2. The lowest BCUT2D eigenvalue weighted by Crippen LogP contribution is -2.41. The SMILES string of the molecule is Cc1ccc(N(CC(=O)NCc2cccs2)S(=O)(=O)c2c(C)nn(C)c2C)cc1. The zero-order chi connectivity index (χ0) is 21.2. The third-order valence-corrected chi connectivity index (χ3v) is 7.54. The van der Waals surface area contributed by atoms with Crippen LogP contribution in [0.25, 0.3) is 0 Å². The lowest BCUT2D eigenvalue weighted by Gasteiger charge is -2.24. The Balaban J connectivity index is 1.94. The van der Waals surface area contributed by atoms with E-state index in [2.05, 4.69) is 10.4 Å². The maximum absolute atomic E-state index is 13.5. The molecule has 1 aromatic carbocycles. The fraction of sp³-hybridized carbons (Fsp3) is 0.300. The van der Waals surface area contributed by atoms with Crippen LogP contribution in [0.5, 0.6) is 0 Å². The second-order valence-electron chi connectivity index (χ2n) is 6.83. The van der Waals surface area contributed by atoms with Gasteiger partial charge in [0.15, 0.2) is 0 Å². The van der Waals surface area contributed by atoms with Gasteiger partial charge in [0, 0.05) is 11.9 Å². The molecule has 154 valence electrons. The van der Waals surface area contributed by atoms with Crippen LogP contribution in [0, 0.1) is 20.8 Å². The minimum absolute atomic E-state index is 0.131. The Kier molecular flexibility index (Phi) is 6.09. The summed E-state index contributed by atoms with van der Waals surface area (Å²) in [5, 5.41) is 8.96. The van der Waals surface area contributed by atoms with E-state index in [0.717, 1.165) is 14.7 Å². The van der Waals surface area contributed by atoms with Crippen molar-refractivity contribution in [2.45, 2.75) is 32.2 Å². The van der Waals surface area contributed by atoms with E-state index < -0.39 is 10.0 Å². The van der Waals surface area contributed by atoms with E-state index in [-0.39, 0.29) is 17.3 Å². The largest absolute Gasteiger partial charge is 0.350 e. The van der Waals surface area contributed by atoms with E-state index >= 15 is 0 Å². The van der Waals surface area contributed by atoms with Crippen molar-refractivity contribution in [3.63, 3.8) is 0 Å². The number of anilines is 1. The van der Waals surface area contributed by atoms with Crippen LogP contribution in [0.3, 0.4) is 0 Å². The van der Waals surface area contributed by atoms with Crippen molar-refractivity contribution in [3.8, 4) is 0 Å². The molecule has 2 aromatic heterocycles. The van der Waals surface area contributed by atoms with Gasteiger partial charge in [-0.05, 0) is 44.4 Å². The molecule has 0 bridgehead atoms. The number of amides is 1. The predicted molar refractivity (Wildman–Crippen MR) is 115 cm³/mol. The number of hydrogen-bond donors (Lipinski definition) is 1. The van der Waals surface area contributed by atoms with Crippen molar-refractivity contribution < 1.29 is 13.2 Å². The lowest BCUT2D eigenvalue weighted by molar-refractivity contribution is -0.119. The maximum Gasteiger partial charge on any atom is 0.268 e. The van der Waals surface area contributed by atoms with E-state index in [4.69, 9.17) is 0 Å². The number of sulfonamides is 1. The number of nitrogens with zero attached hydrogens (tertiary/aromatic N) is 3. The van der Waals surface area contributed by atoms with Gasteiger partial charge in [0.05, 0.1) is 23.6 Å². The zero-order valence-electron chi connectivity index (χ0n) is 16.8. The normalized spacial score (nSPS) is 11.4. The summed E-state index contributed by atoms with van der Waals surface area (Å²) in [6, 6.07) is 10.9. The molecule has 0 aliphatic carbocycles. The van der Waals surface area contributed by atoms with Crippen LogP contribution in [0.1, 0.15) is 21.8 Å². The minimum atomic E-state index is -3.98. The number of aryl methyl sites for hydroxylation is 3. The second-order valence-corrected chi connectivity index (χ2v) is 9.66. The van der Waals surface area contributed by atoms with Crippen molar-refractivity contribution >= 4 is 33.0 Å². The Morgan fingerprint density at radius 1 is 1.17 bits per heavy atom. The summed E-state index contributed by atoms with van der Waals surface area (Å²) in [7, 11) is -2.28. The average Bonchev–Trinajstić information content (AvgIpc) is 3.27. The topological polar surface area (TPSA) is 84.3 Å². The predicted octanol–water partition coefficient (Wildman–Crippen LogP) is 2.92. The van der Waals surface area contributed by atoms with Gasteiger partial charge < -0.3 is 5.32 Å². The lowest BCUT2D eigenvalue weighted by atomic mass is 10.2. The smallest absolute Gasteiger partial charge is 0.268 e. The molecule has 0 aliphatic heterocycles. The van der Waals surface area contributed by atoms with Gasteiger partial charge in [0.2, 0.25) is 5.91 Å². The number of hydrogen-bond acceptors (Lipinski definition) is 5. The molecular weight excluding hydrogens is 408 g/mol. The van der Waals surface area contributed by atoms with Crippen LogP contribution in [0.4, 0.5) is 5.69 Å². The molecule has 3 rings (SSSR count). The Morgan fingerprint density at radius 2 is 1.86 bits per heavy atom. The summed E-state index contributed by atoms with van der Waals surface area (Å²) in [6.45, 7) is 5.33. The molecule has 0 spiro atoms. The quantitative estimate of drug-likeness (QED) is 0.622. The molecule has 0 saturated heterocycles. The number of nitrogens with one attached hydrogen (secondary N) is 1. The Morgan fingerprint density at radius 3 is 2.41 bits per heavy atom. The van der Waals surface area contributed by atoms with Crippen LogP contribution < -0.4 is 9.62 Å². The van der Waals surface area contributed by atoms with Gasteiger partial charge in [-0.1, -0.05) is 23.8 Å². The number of benzene rings is 1. The molecule has 1 N–H and O–H groups in total. The van der Waals surface area contributed by atoms with Gasteiger partial charge in [0.25, 0.3) is 10.0 Å². The first-order chi connectivity index (χ1) is 13.7. The molecule has 7 nitrogen and oxygen atoms in total. The van der Waals surface area contributed by atoms with Crippen molar-refractivity contribution in [2.75, 3.05) is 10.8 Å². The molecule has 0 aliphatic rings. The molecule has 29 heavy (non-hydrogen) atoms. The standard InChI is InChI=1S/C20H24N4O3S2/c1-14-7-9-17(10-8-14)24(13-19(25)21-12-18-6-5-11-28-18)29(26,27)20-15(2)22-23(4)16(20)3/h5-11H,12-13H2,1-4H3,(H,21,25). The third-order valence-electron chi connectivity index (χ3n) is 4.64. The summed E-state index contributed by atoms with van der Waals surface area (Å²) >= 11 is 1.53. The van der Waals surface area contributed by atoms with Crippen molar-refractivity contribution in [3.05, 3.63) is 63.6 Å². The summed E-state index contributed by atoms with van der Waals surface area (Å²) < 4.78 is 29.8. The first-order valence-electron chi connectivity index (χ1n) is 9.09. The van der Waals surface area contributed by atoms with Crippen LogP contribution in [-0.2, 0) is 28.4 Å². The van der Waals surface area contributed by atoms with Crippen LogP contribution in [-0.4, -0.2) is 30.7 Å². The molecule has 1 amide bonds. The van der Waals surface area contributed by atoms with Gasteiger partial charge in [-0.3, -0.25) is 13.8 Å². The van der Waals surface area contributed by atoms with Crippen molar-refractivity contribution in [2.24, 2.45) is 7.05 Å². The van der Waals surface area contributed by atoms with Crippen LogP contribution in [0.2, 0.25) is 0 Å². The Bertz CT molecular complexity index is 1100. The highest BCUT2D eigenvalue weighted by molar-refractivity contribution is 7.93. The highest BCUT2D eigenvalue weighted by Gasteiger charge is 2.32. The number of aromatic nitrogens is 2. The molecular formula is C20H24N4O3S2. The number of carbonyl (C=O) groups is 1. The van der Waals surface area contributed by atoms with E-state index in [1.807, 2.05) is 36.6 Å². The monoisotopic (exact) mass is 432 g/mol. The maximum atomic E-state index is 13.5. The third kappa shape index (κ3) is 4.51. The molecule has 3 aromatic rings. The molecule has 9 heteroatoms. The van der Waals surface area contributed by atoms with Gasteiger partial charge in [-0.25, -0.2) is 8.42 Å². The molecule has 0 saturated carbocycles. The van der Waals surface area contributed by atoms with Gasteiger partial charge in [0.1, 0.15) is 11.4 Å². The van der Waals surface area contributed by atoms with Gasteiger partial charge in [-0.2, -0.15) is 5.10 Å². The first kappa shape index (κ1) is 21.1. The fourth-order valence-electron chi connectivity index (χ4n) is 3.05. The fourth-order valence-corrected chi connectivity index (χ4v) is 5.52. The first-order valence-corrected chi connectivity index (χ1v) is 11.4. The Hall–Kier alpha value is -2.65.